The molecule has 45 heavy (non-hydrogen) atoms. The number of para-hydroxylation sites is 1. The van der Waals surface area contributed by atoms with Gasteiger partial charge in [-0.3, -0.25) is 9.69 Å². The first kappa shape index (κ1) is 32.0. The number of carbonyl (C=O) groups is 2. The fraction of sp³-hybridized carbons (Fsp3) is 0.636. The maximum atomic E-state index is 13.6. The van der Waals surface area contributed by atoms with Crippen molar-refractivity contribution in [1.29, 1.82) is 0 Å². The lowest BCUT2D eigenvalue weighted by molar-refractivity contribution is -0.128. The van der Waals surface area contributed by atoms with E-state index in [1.165, 1.54) is 12.8 Å². The van der Waals surface area contributed by atoms with Gasteiger partial charge < -0.3 is 24.0 Å². The number of benzene rings is 1. The molecule has 3 heterocycles. The molecule has 246 valence electrons. The van der Waals surface area contributed by atoms with Crippen molar-refractivity contribution < 1.29 is 32.2 Å². The first-order valence-electron chi connectivity index (χ1n) is 16.4. The average molecular weight is 643 g/mol. The number of rotatable bonds is 11. The van der Waals surface area contributed by atoms with Gasteiger partial charge in [0.25, 0.3) is 5.91 Å². The molecule has 1 saturated carbocycles. The lowest BCUT2D eigenvalue weighted by atomic mass is 9.97. The van der Waals surface area contributed by atoms with Gasteiger partial charge in [0.1, 0.15) is 12.4 Å². The summed E-state index contributed by atoms with van der Waals surface area (Å²) >= 11 is 0. The number of hydrogen-bond acceptors (Lipinski definition) is 8. The second-order valence-electron chi connectivity index (χ2n) is 12.8. The van der Waals surface area contributed by atoms with E-state index in [2.05, 4.69) is 11.9 Å². The molecule has 2 amide bonds. The quantitative estimate of drug-likeness (QED) is 0.360. The van der Waals surface area contributed by atoms with E-state index in [-0.39, 0.29) is 42.6 Å². The number of cyclic esters (lactones) is 1. The standard InChI is InChI=1S/C33H46N4O7S/c1-34(25-8-9-25)16-5-21-45(40,41)36-19-14-27(15-20-36)44-28-10-11-29(31(22-28)42-2)32(38)35-17-12-26(13-18-35)37-30-7-4-3-6-24(30)23-43-33(37)39/h3-4,6-7,10-11,25-28H,5,8-9,12-23H2,1-2H3. The van der Waals surface area contributed by atoms with Crippen molar-refractivity contribution in [3.05, 3.63) is 53.3 Å². The summed E-state index contributed by atoms with van der Waals surface area (Å²) in [5.41, 5.74) is 2.42. The molecule has 0 bridgehead atoms. The van der Waals surface area contributed by atoms with Crippen LogP contribution in [0.3, 0.4) is 0 Å². The van der Waals surface area contributed by atoms with Gasteiger partial charge >= 0.3 is 6.09 Å². The number of piperidine rings is 2. The van der Waals surface area contributed by atoms with Crippen molar-refractivity contribution in [1.82, 2.24) is 14.1 Å². The Labute approximate surface area is 266 Å². The van der Waals surface area contributed by atoms with Gasteiger partial charge in [-0.1, -0.05) is 24.3 Å². The van der Waals surface area contributed by atoms with Crippen LogP contribution in [0.25, 0.3) is 0 Å². The predicted octanol–water partition coefficient (Wildman–Crippen LogP) is 3.66. The number of ether oxygens (including phenoxy) is 3. The summed E-state index contributed by atoms with van der Waals surface area (Å²) in [6.07, 6.45) is 9.27. The maximum Gasteiger partial charge on any atom is 0.414 e. The number of sulfonamides is 1. The van der Waals surface area contributed by atoms with Crippen LogP contribution < -0.4 is 4.90 Å². The summed E-state index contributed by atoms with van der Waals surface area (Å²) in [5.74, 6) is 0.707. The van der Waals surface area contributed by atoms with Crippen LogP contribution in [0.15, 0.2) is 47.7 Å². The van der Waals surface area contributed by atoms with Crippen LogP contribution in [0.4, 0.5) is 10.5 Å². The summed E-state index contributed by atoms with van der Waals surface area (Å²) in [4.78, 5) is 32.1. The Morgan fingerprint density at radius 1 is 1.04 bits per heavy atom. The zero-order valence-electron chi connectivity index (χ0n) is 26.4. The summed E-state index contributed by atoms with van der Waals surface area (Å²) in [6.45, 7) is 3.10. The number of hydrogen-bond donors (Lipinski definition) is 0. The highest BCUT2D eigenvalue weighted by Crippen LogP contribution is 2.33. The molecule has 3 aliphatic heterocycles. The van der Waals surface area contributed by atoms with Gasteiger partial charge in [-0.25, -0.2) is 17.5 Å². The topological polar surface area (TPSA) is 109 Å². The Kier molecular flexibility index (Phi) is 9.84. The van der Waals surface area contributed by atoms with Crippen LogP contribution in [0.1, 0.15) is 56.9 Å². The minimum Gasteiger partial charge on any atom is -0.500 e. The second kappa shape index (κ2) is 13.8. The molecule has 5 aliphatic rings. The Balaban J connectivity index is 0.970. The first-order valence-corrected chi connectivity index (χ1v) is 18.0. The van der Waals surface area contributed by atoms with Gasteiger partial charge in [0.15, 0.2) is 0 Å². The third-order valence-corrected chi connectivity index (χ3v) is 11.8. The Bertz CT molecular complexity index is 1410. The van der Waals surface area contributed by atoms with Crippen molar-refractivity contribution in [2.75, 3.05) is 57.5 Å². The van der Waals surface area contributed by atoms with E-state index in [9.17, 15) is 18.0 Å². The average Bonchev–Trinajstić information content (AvgIpc) is 3.91. The molecular weight excluding hydrogens is 596 g/mol. The summed E-state index contributed by atoms with van der Waals surface area (Å²) in [5, 5.41) is 0. The van der Waals surface area contributed by atoms with Gasteiger partial charge in [0.05, 0.1) is 36.3 Å². The maximum absolute atomic E-state index is 13.6. The molecule has 0 spiro atoms. The summed E-state index contributed by atoms with van der Waals surface area (Å²) in [6, 6.07) is 8.41. The number of nitrogens with zero attached hydrogens (tertiary/aromatic N) is 4. The largest absolute Gasteiger partial charge is 0.500 e. The molecule has 1 unspecified atom stereocenters. The van der Waals surface area contributed by atoms with E-state index in [0.29, 0.717) is 82.1 Å². The number of carbonyl (C=O) groups excluding carboxylic acids is 2. The monoisotopic (exact) mass is 642 g/mol. The molecule has 0 radical (unpaired) electrons. The van der Waals surface area contributed by atoms with Gasteiger partial charge in [-0.05, 0) is 70.7 Å². The zero-order valence-corrected chi connectivity index (χ0v) is 27.3. The van der Waals surface area contributed by atoms with E-state index in [0.717, 1.165) is 17.8 Å². The molecule has 1 aromatic rings. The van der Waals surface area contributed by atoms with E-state index < -0.39 is 10.0 Å². The van der Waals surface area contributed by atoms with Crippen LogP contribution in [0.5, 0.6) is 0 Å². The highest BCUT2D eigenvalue weighted by atomic mass is 32.2. The van der Waals surface area contributed by atoms with Gasteiger partial charge in [0, 0.05) is 50.2 Å². The number of anilines is 1. The van der Waals surface area contributed by atoms with E-state index in [1.54, 1.807) is 22.4 Å². The molecular formula is C33H46N4O7S. The Morgan fingerprint density at radius 2 is 1.78 bits per heavy atom. The third kappa shape index (κ3) is 7.40. The number of methoxy groups -OCH3 is 1. The summed E-state index contributed by atoms with van der Waals surface area (Å²) < 4.78 is 44.9. The van der Waals surface area contributed by atoms with Gasteiger partial charge in [-0.2, -0.15) is 0 Å². The van der Waals surface area contributed by atoms with Crippen molar-refractivity contribution in [3.8, 4) is 0 Å². The number of likely N-dealkylation sites (tertiary alicyclic amines) is 1. The van der Waals surface area contributed by atoms with Crippen molar-refractivity contribution >= 4 is 27.7 Å². The molecule has 0 N–H and O–H groups in total. The molecule has 6 rings (SSSR count). The molecule has 0 aromatic heterocycles. The van der Waals surface area contributed by atoms with Crippen molar-refractivity contribution in [2.24, 2.45) is 0 Å². The second-order valence-corrected chi connectivity index (χ2v) is 14.9. The fourth-order valence-electron chi connectivity index (χ4n) is 6.97. The van der Waals surface area contributed by atoms with Crippen LogP contribution in [-0.4, -0.2) is 111 Å². The Morgan fingerprint density at radius 3 is 2.49 bits per heavy atom. The van der Waals surface area contributed by atoms with Crippen molar-refractivity contribution in [2.45, 2.75) is 82.3 Å². The highest BCUT2D eigenvalue weighted by molar-refractivity contribution is 7.89. The molecule has 11 nitrogen and oxygen atoms in total. The predicted molar refractivity (Wildman–Crippen MR) is 170 cm³/mol. The normalized spacial score (nSPS) is 23.8. The molecule has 3 fully saturated rings. The lowest BCUT2D eigenvalue weighted by Crippen LogP contribution is -2.50. The van der Waals surface area contributed by atoms with E-state index in [1.807, 2.05) is 35.2 Å². The molecule has 1 aromatic carbocycles. The van der Waals surface area contributed by atoms with Crippen LogP contribution in [0.2, 0.25) is 0 Å². The van der Waals surface area contributed by atoms with Crippen LogP contribution >= 0.6 is 0 Å². The number of fused-ring (bicyclic) bond motifs is 1. The molecule has 1 atom stereocenters. The molecule has 2 saturated heterocycles. The lowest BCUT2D eigenvalue weighted by Gasteiger charge is -2.40. The fourth-order valence-corrected chi connectivity index (χ4v) is 8.49. The SMILES string of the molecule is COC1=C(C(=O)N2CCC(N3C(=O)OCc4ccccc43)CC2)C=CC(OC2CCN(S(=O)(=O)CCCN(C)C3CC3)CC2)C1. The highest BCUT2D eigenvalue weighted by Gasteiger charge is 2.37. The summed E-state index contributed by atoms with van der Waals surface area (Å²) in [7, 11) is 0.392. The minimum atomic E-state index is -3.27. The zero-order chi connectivity index (χ0) is 31.6. The van der Waals surface area contributed by atoms with Crippen LogP contribution in [-0.2, 0) is 35.6 Å². The molecule has 2 aliphatic carbocycles. The van der Waals surface area contributed by atoms with Gasteiger partial charge in [0.2, 0.25) is 10.0 Å². The van der Waals surface area contributed by atoms with Gasteiger partial charge in [-0.15, -0.1) is 0 Å². The number of amides is 2. The third-order valence-electron chi connectivity index (χ3n) is 9.80. The first-order chi connectivity index (χ1) is 21.7. The minimum absolute atomic E-state index is 0.0333. The van der Waals surface area contributed by atoms with E-state index >= 15 is 0 Å². The molecule has 12 heteroatoms. The van der Waals surface area contributed by atoms with Crippen molar-refractivity contribution in [3.63, 3.8) is 0 Å². The van der Waals surface area contributed by atoms with Crippen LogP contribution in [0, 0.1) is 0 Å². The Hall–Kier alpha value is -2.93. The van der Waals surface area contributed by atoms with E-state index in [4.69, 9.17) is 14.2 Å². The smallest absolute Gasteiger partial charge is 0.414 e.